The van der Waals surface area contributed by atoms with E-state index in [2.05, 4.69) is 118 Å². The van der Waals surface area contributed by atoms with Crippen LogP contribution in [0.1, 0.15) is 0 Å². The van der Waals surface area contributed by atoms with Crippen molar-refractivity contribution in [3.63, 3.8) is 0 Å². The van der Waals surface area contributed by atoms with Gasteiger partial charge >= 0.3 is 0 Å². The van der Waals surface area contributed by atoms with Gasteiger partial charge in [-0.25, -0.2) is 0 Å². The maximum absolute atomic E-state index is 6.58. The molecule has 2 aromatic heterocycles. The topological polar surface area (TPSA) is 31.6 Å². The maximum atomic E-state index is 6.58. The summed E-state index contributed by atoms with van der Waals surface area (Å²) in [7, 11) is 0. The number of aromatic nitrogens is 2. The van der Waals surface area contributed by atoms with Gasteiger partial charge in [-0.1, -0.05) is 84.9 Å². The van der Waals surface area contributed by atoms with Crippen molar-refractivity contribution in [3.05, 3.63) is 109 Å². The third kappa shape index (κ3) is 3.89. The summed E-state index contributed by atoms with van der Waals surface area (Å²) >= 11 is 0. The van der Waals surface area contributed by atoms with Crippen LogP contribution in [0.25, 0.3) is 44.0 Å². The van der Waals surface area contributed by atoms with Crippen LogP contribution in [0.4, 0.5) is 0 Å². The first-order chi connectivity index (χ1) is 17.8. The van der Waals surface area contributed by atoms with E-state index < -0.39 is 0 Å². The number of para-hydroxylation sites is 3. The lowest BCUT2D eigenvalue weighted by molar-refractivity contribution is 0.0235. The van der Waals surface area contributed by atoms with Gasteiger partial charge in [-0.3, -0.25) is 0 Å². The highest BCUT2D eigenvalue weighted by molar-refractivity contribution is 6.07. The van der Waals surface area contributed by atoms with Crippen molar-refractivity contribution >= 4 is 32.7 Å². The number of nitrogens with zero attached hydrogens (tertiary/aromatic N) is 2. The summed E-state index contributed by atoms with van der Waals surface area (Å²) in [5.74, 6) is 0. The molecule has 2 unspecified atom stereocenters. The smallest absolute Gasteiger partial charge is 0.104 e. The molecule has 0 saturated carbocycles. The predicted octanol–water partition coefficient (Wildman–Crippen LogP) is 6.90. The molecule has 0 bridgehead atoms. The lowest BCUT2D eigenvalue weighted by Gasteiger charge is -2.22. The third-order valence-electron chi connectivity index (χ3n) is 7.25. The molecule has 3 heterocycles. The van der Waals surface area contributed by atoms with E-state index in [-0.39, 0.29) is 12.2 Å². The Bertz CT molecular complexity index is 1610. The Balaban J connectivity index is 1.32. The van der Waals surface area contributed by atoms with Crippen LogP contribution >= 0.6 is 0 Å². The van der Waals surface area contributed by atoms with Crippen molar-refractivity contribution < 1.29 is 9.47 Å². The van der Waals surface area contributed by atoms with Gasteiger partial charge in [0.15, 0.2) is 0 Å². The summed E-state index contributed by atoms with van der Waals surface area (Å²) in [5, 5.41) is 3.82. The van der Waals surface area contributed by atoms with Crippen LogP contribution in [0.2, 0.25) is 0 Å². The number of fused-ring (bicyclic) bond motifs is 4. The second-order valence-corrected chi connectivity index (χ2v) is 9.62. The molecule has 7 rings (SSSR count). The molecule has 2 atom stereocenters. The van der Waals surface area contributed by atoms with Crippen molar-refractivity contribution in [2.45, 2.75) is 25.3 Å². The molecular formula is C32H28N2O2. The predicted molar refractivity (Wildman–Crippen MR) is 146 cm³/mol. The zero-order valence-electron chi connectivity index (χ0n) is 20.1. The van der Waals surface area contributed by atoms with Crippen molar-refractivity contribution in [2.75, 3.05) is 13.2 Å². The van der Waals surface area contributed by atoms with E-state index in [4.69, 9.17) is 9.47 Å². The van der Waals surface area contributed by atoms with Gasteiger partial charge in [-0.15, -0.1) is 0 Å². The molecule has 0 aliphatic carbocycles. The minimum Gasteiger partial charge on any atom is -0.372 e. The second-order valence-electron chi connectivity index (χ2n) is 9.62. The Kier molecular flexibility index (Phi) is 5.34. The summed E-state index contributed by atoms with van der Waals surface area (Å²) in [6, 6.07) is 38.9. The average molecular weight is 473 g/mol. The molecule has 178 valence electrons. The molecule has 0 spiro atoms. The van der Waals surface area contributed by atoms with Gasteiger partial charge in [0.25, 0.3) is 0 Å². The Morgan fingerprint density at radius 2 is 1.28 bits per heavy atom. The van der Waals surface area contributed by atoms with Gasteiger partial charge in [-0.05, 0) is 29.8 Å². The standard InChI is InChI=1S/C32H28N2O2/c1-2-10-23(11-3-1)32-18-24-12-4-7-15-29(24)33(32)19-25(35-21-26-22-36-26)20-34-30-16-8-5-13-27(30)28-14-6-9-17-31(28)34/h1-18,25-26H,19-22H2. The summed E-state index contributed by atoms with van der Waals surface area (Å²) in [6.45, 7) is 2.94. The monoisotopic (exact) mass is 472 g/mol. The van der Waals surface area contributed by atoms with E-state index in [1.807, 2.05) is 0 Å². The molecule has 1 aliphatic heterocycles. The minimum atomic E-state index is -0.0216. The van der Waals surface area contributed by atoms with Crippen molar-refractivity contribution in [3.8, 4) is 11.3 Å². The molecule has 0 amide bonds. The largest absolute Gasteiger partial charge is 0.372 e. The highest BCUT2D eigenvalue weighted by Gasteiger charge is 2.26. The van der Waals surface area contributed by atoms with Crippen LogP contribution in [0.3, 0.4) is 0 Å². The Morgan fingerprint density at radius 3 is 1.97 bits per heavy atom. The van der Waals surface area contributed by atoms with E-state index in [1.54, 1.807) is 0 Å². The molecule has 1 saturated heterocycles. The molecule has 6 aromatic rings. The van der Waals surface area contributed by atoms with Gasteiger partial charge in [0.05, 0.1) is 32.4 Å². The summed E-state index contributed by atoms with van der Waals surface area (Å²) in [4.78, 5) is 0. The molecule has 1 aliphatic rings. The normalized spacial score (nSPS) is 16.2. The number of rotatable bonds is 8. The van der Waals surface area contributed by atoms with Gasteiger partial charge in [-0.2, -0.15) is 0 Å². The Morgan fingerprint density at radius 1 is 0.694 bits per heavy atom. The summed E-state index contributed by atoms with van der Waals surface area (Å²) < 4.78 is 16.9. The van der Waals surface area contributed by atoms with E-state index in [9.17, 15) is 0 Å². The quantitative estimate of drug-likeness (QED) is 0.226. The third-order valence-corrected chi connectivity index (χ3v) is 7.25. The number of ether oxygens (including phenoxy) is 2. The fourth-order valence-corrected chi connectivity index (χ4v) is 5.43. The van der Waals surface area contributed by atoms with E-state index in [0.717, 1.165) is 19.7 Å². The van der Waals surface area contributed by atoms with Crippen LogP contribution in [0.5, 0.6) is 0 Å². The van der Waals surface area contributed by atoms with Gasteiger partial charge in [0.2, 0.25) is 0 Å². The highest BCUT2D eigenvalue weighted by atomic mass is 16.6. The Hall–Kier alpha value is -3.86. The first-order valence-electron chi connectivity index (χ1n) is 12.7. The van der Waals surface area contributed by atoms with Crippen molar-refractivity contribution in [1.82, 2.24) is 9.13 Å². The lowest BCUT2D eigenvalue weighted by Crippen LogP contribution is -2.27. The molecule has 4 aromatic carbocycles. The molecule has 0 N–H and O–H groups in total. The van der Waals surface area contributed by atoms with Gasteiger partial charge in [0.1, 0.15) is 6.10 Å². The van der Waals surface area contributed by atoms with Crippen molar-refractivity contribution in [1.29, 1.82) is 0 Å². The first-order valence-corrected chi connectivity index (χ1v) is 12.7. The minimum absolute atomic E-state index is 0.0216. The van der Waals surface area contributed by atoms with E-state index in [0.29, 0.717) is 6.61 Å². The van der Waals surface area contributed by atoms with Crippen LogP contribution in [0.15, 0.2) is 109 Å². The lowest BCUT2D eigenvalue weighted by atomic mass is 10.1. The average Bonchev–Trinajstić information content (AvgIpc) is 3.63. The number of benzene rings is 4. The van der Waals surface area contributed by atoms with Crippen LogP contribution < -0.4 is 0 Å². The van der Waals surface area contributed by atoms with Crippen LogP contribution in [0, 0.1) is 0 Å². The molecular weight excluding hydrogens is 444 g/mol. The van der Waals surface area contributed by atoms with Crippen LogP contribution in [-0.4, -0.2) is 34.6 Å². The molecule has 1 fully saturated rings. The summed E-state index contributed by atoms with van der Waals surface area (Å²) in [5.41, 5.74) is 6.16. The number of epoxide rings is 1. The van der Waals surface area contributed by atoms with E-state index in [1.165, 1.54) is 44.0 Å². The summed E-state index contributed by atoms with van der Waals surface area (Å²) in [6.07, 6.45) is 0.201. The van der Waals surface area contributed by atoms with Gasteiger partial charge in [0, 0.05) is 38.4 Å². The number of hydrogen-bond acceptors (Lipinski definition) is 2. The SMILES string of the molecule is c1ccc(-c2cc3ccccc3n2CC(Cn2c3ccccc3c3ccccc32)OCC2CO2)cc1. The maximum Gasteiger partial charge on any atom is 0.104 e. The van der Waals surface area contributed by atoms with Crippen LogP contribution in [-0.2, 0) is 22.6 Å². The first kappa shape index (κ1) is 21.4. The Labute approximate surface area is 210 Å². The number of hydrogen-bond donors (Lipinski definition) is 0. The zero-order valence-corrected chi connectivity index (χ0v) is 20.1. The highest BCUT2D eigenvalue weighted by Crippen LogP contribution is 2.32. The fraction of sp³-hybridized carbons (Fsp3) is 0.188. The molecule has 4 heteroatoms. The van der Waals surface area contributed by atoms with Gasteiger partial charge < -0.3 is 18.6 Å². The molecule has 0 radical (unpaired) electrons. The van der Waals surface area contributed by atoms with E-state index >= 15 is 0 Å². The fourth-order valence-electron chi connectivity index (χ4n) is 5.43. The molecule has 36 heavy (non-hydrogen) atoms. The second kappa shape index (κ2) is 8.98. The zero-order chi connectivity index (χ0) is 23.9. The van der Waals surface area contributed by atoms with Crippen molar-refractivity contribution in [2.24, 2.45) is 0 Å². The molecule has 4 nitrogen and oxygen atoms in total.